The molecule has 0 spiro atoms. The molecule has 1 fully saturated rings. The first-order valence-corrected chi connectivity index (χ1v) is 5.56. The highest BCUT2D eigenvalue weighted by Crippen LogP contribution is 2.47. The van der Waals surface area contributed by atoms with Crippen LogP contribution >= 0.6 is 0 Å². The van der Waals surface area contributed by atoms with Crippen LogP contribution in [0, 0.1) is 11.2 Å². The Hall–Kier alpha value is -1.95. The topological polar surface area (TPSA) is 75.4 Å². The van der Waals surface area contributed by atoms with Crippen molar-refractivity contribution in [3.8, 4) is 0 Å². The van der Waals surface area contributed by atoms with E-state index in [4.69, 9.17) is 5.84 Å². The van der Waals surface area contributed by atoms with Gasteiger partial charge in [-0.25, -0.2) is 10.2 Å². The van der Waals surface area contributed by atoms with Crippen molar-refractivity contribution in [2.75, 3.05) is 11.9 Å². The smallest absolute Gasteiger partial charge is 0.249 e. The quantitative estimate of drug-likeness (QED) is 0.357. The minimum Gasteiger partial charge on any atom is -0.315 e. The van der Waals surface area contributed by atoms with Crippen molar-refractivity contribution in [3.05, 3.63) is 30.1 Å². The summed E-state index contributed by atoms with van der Waals surface area (Å²) in [6, 6.07) is 5.51. The molecule has 18 heavy (non-hydrogen) atoms. The normalized spacial score (nSPS) is 15.9. The largest absolute Gasteiger partial charge is 0.315 e. The second-order valence-corrected chi connectivity index (χ2v) is 4.40. The maximum atomic E-state index is 12.8. The van der Waals surface area contributed by atoms with E-state index in [1.807, 2.05) is 5.43 Å². The van der Waals surface area contributed by atoms with E-state index >= 15 is 0 Å². The molecule has 0 bridgehead atoms. The van der Waals surface area contributed by atoms with Gasteiger partial charge in [0.15, 0.2) is 0 Å². The summed E-state index contributed by atoms with van der Waals surface area (Å²) in [6.07, 6.45) is 0.973. The molecule has 1 aromatic rings. The van der Waals surface area contributed by atoms with Crippen LogP contribution < -0.4 is 16.2 Å². The molecule has 0 heterocycles. The molecule has 5 nitrogen and oxygen atoms in total. The Morgan fingerprint density at radius 2 is 1.89 bits per heavy atom. The van der Waals surface area contributed by atoms with E-state index in [0.717, 1.165) is 0 Å². The lowest BCUT2D eigenvalue weighted by Crippen LogP contribution is -2.46. The van der Waals surface area contributed by atoms with Gasteiger partial charge < -0.3 is 4.90 Å². The Bertz CT molecular complexity index is 483. The predicted molar refractivity (Wildman–Crippen MR) is 63.8 cm³/mol. The molecule has 6 heteroatoms. The summed E-state index contributed by atoms with van der Waals surface area (Å²) >= 11 is 0. The number of carbonyl (C=O) groups excluding carboxylic acids is 2. The fourth-order valence-electron chi connectivity index (χ4n) is 1.90. The third kappa shape index (κ3) is 1.95. The Morgan fingerprint density at radius 1 is 1.33 bits per heavy atom. The van der Waals surface area contributed by atoms with E-state index in [9.17, 15) is 14.0 Å². The molecule has 0 radical (unpaired) electrons. The first-order chi connectivity index (χ1) is 8.51. The average Bonchev–Trinajstić information content (AvgIpc) is 3.18. The number of nitrogens with one attached hydrogen (secondary N) is 1. The third-order valence-electron chi connectivity index (χ3n) is 3.24. The van der Waals surface area contributed by atoms with E-state index in [0.29, 0.717) is 18.5 Å². The standard InChI is InChI=1S/C12H14FN3O2/c1-16(9-4-2-8(13)3-5-9)11(18)12(6-7-12)10(17)15-14/h2-5H,6-7,14H2,1H3,(H,15,17). The number of hydrazine groups is 1. The molecule has 3 N–H and O–H groups in total. The van der Waals surface area contributed by atoms with Gasteiger partial charge in [0.2, 0.25) is 11.8 Å². The van der Waals surface area contributed by atoms with Gasteiger partial charge in [0.25, 0.3) is 0 Å². The first-order valence-electron chi connectivity index (χ1n) is 5.56. The number of benzene rings is 1. The minimum absolute atomic E-state index is 0.322. The molecular weight excluding hydrogens is 237 g/mol. The van der Waals surface area contributed by atoms with Gasteiger partial charge >= 0.3 is 0 Å². The Balaban J connectivity index is 2.19. The Kier molecular flexibility index (Phi) is 3.04. The molecule has 1 aliphatic rings. The van der Waals surface area contributed by atoms with E-state index in [-0.39, 0.29) is 11.7 Å². The van der Waals surface area contributed by atoms with Crippen LogP contribution in [0.1, 0.15) is 12.8 Å². The molecule has 1 aliphatic carbocycles. The highest BCUT2D eigenvalue weighted by Gasteiger charge is 2.57. The molecule has 1 aromatic carbocycles. The fourth-order valence-corrected chi connectivity index (χ4v) is 1.90. The van der Waals surface area contributed by atoms with E-state index in [1.54, 1.807) is 7.05 Å². The second kappa shape index (κ2) is 4.38. The number of carbonyl (C=O) groups is 2. The summed E-state index contributed by atoms with van der Waals surface area (Å²) in [5.74, 6) is 3.91. The lowest BCUT2D eigenvalue weighted by Gasteiger charge is -2.22. The zero-order chi connectivity index (χ0) is 13.3. The molecule has 0 saturated heterocycles. The van der Waals surface area contributed by atoms with Crippen molar-refractivity contribution in [3.63, 3.8) is 0 Å². The summed E-state index contributed by atoms with van der Waals surface area (Å²) in [6.45, 7) is 0. The van der Waals surface area contributed by atoms with Crippen molar-refractivity contribution in [1.82, 2.24) is 5.43 Å². The lowest BCUT2D eigenvalue weighted by atomic mass is 10.0. The average molecular weight is 251 g/mol. The summed E-state index contributed by atoms with van der Waals surface area (Å²) in [5, 5.41) is 0. The zero-order valence-electron chi connectivity index (χ0n) is 9.94. The van der Waals surface area contributed by atoms with E-state index in [1.165, 1.54) is 29.2 Å². The van der Waals surface area contributed by atoms with Crippen LogP contribution in [-0.4, -0.2) is 18.9 Å². The molecular formula is C12H14FN3O2. The summed E-state index contributed by atoms with van der Waals surface area (Å²) in [4.78, 5) is 25.2. The SMILES string of the molecule is CN(C(=O)C1(C(=O)NN)CC1)c1ccc(F)cc1. The van der Waals surface area contributed by atoms with Crippen LogP contribution in [0.2, 0.25) is 0 Å². The Labute approximate surface area is 104 Å². The number of amides is 2. The maximum absolute atomic E-state index is 12.8. The van der Waals surface area contributed by atoms with Crippen molar-refractivity contribution < 1.29 is 14.0 Å². The van der Waals surface area contributed by atoms with Gasteiger partial charge in [-0.3, -0.25) is 15.0 Å². The summed E-state index contributed by atoms with van der Waals surface area (Å²) < 4.78 is 12.8. The van der Waals surface area contributed by atoms with Gasteiger partial charge in [-0.2, -0.15) is 0 Å². The first kappa shape index (κ1) is 12.5. The number of anilines is 1. The van der Waals surface area contributed by atoms with Gasteiger partial charge in [0, 0.05) is 12.7 Å². The van der Waals surface area contributed by atoms with Crippen LogP contribution in [-0.2, 0) is 9.59 Å². The third-order valence-corrected chi connectivity index (χ3v) is 3.24. The van der Waals surface area contributed by atoms with Gasteiger partial charge in [0.1, 0.15) is 11.2 Å². The van der Waals surface area contributed by atoms with Gasteiger partial charge in [0.05, 0.1) is 0 Å². The van der Waals surface area contributed by atoms with Crippen LogP contribution in [0.5, 0.6) is 0 Å². The van der Waals surface area contributed by atoms with E-state index in [2.05, 4.69) is 0 Å². The highest BCUT2D eigenvalue weighted by molar-refractivity contribution is 6.13. The van der Waals surface area contributed by atoms with Gasteiger partial charge in [-0.15, -0.1) is 0 Å². The van der Waals surface area contributed by atoms with Gasteiger partial charge in [-0.1, -0.05) is 0 Å². The number of hydrogen-bond acceptors (Lipinski definition) is 3. The molecule has 0 unspecified atom stereocenters. The molecule has 0 aromatic heterocycles. The lowest BCUT2D eigenvalue weighted by molar-refractivity contribution is -0.135. The maximum Gasteiger partial charge on any atom is 0.249 e. The van der Waals surface area contributed by atoms with Crippen molar-refractivity contribution in [1.29, 1.82) is 0 Å². The minimum atomic E-state index is -1.04. The van der Waals surface area contributed by atoms with Crippen LogP contribution in [0.3, 0.4) is 0 Å². The molecule has 0 atom stereocenters. The van der Waals surface area contributed by atoms with E-state index < -0.39 is 11.3 Å². The molecule has 1 saturated carbocycles. The van der Waals surface area contributed by atoms with Crippen molar-refractivity contribution in [2.45, 2.75) is 12.8 Å². The predicted octanol–water partition coefficient (Wildman–Crippen LogP) is 0.559. The fraction of sp³-hybridized carbons (Fsp3) is 0.333. The van der Waals surface area contributed by atoms with Crippen LogP contribution in [0.25, 0.3) is 0 Å². The summed E-state index contributed by atoms with van der Waals surface area (Å²) in [5.41, 5.74) is 1.51. The number of halogens is 1. The molecule has 0 aliphatic heterocycles. The Morgan fingerprint density at radius 3 is 2.33 bits per heavy atom. The van der Waals surface area contributed by atoms with Crippen molar-refractivity contribution in [2.24, 2.45) is 11.3 Å². The number of hydrogen-bond donors (Lipinski definition) is 2. The molecule has 2 amide bonds. The molecule has 2 rings (SSSR count). The van der Waals surface area contributed by atoms with Gasteiger partial charge in [-0.05, 0) is 37.1 Å². The number of rotatable bonds is 3. The van der Waals surface area contributed by atoms with Crippen LogP contribution in [0.4, 0.5) is 10.1 Å². The van der Waals surface area contributed by atoms with Crippen molar-refractivity contribution >= 4 is 17.5 Å². The summed E-state index contributed by atoms with van der Waals surface area (Å²) in [7, 11) is 1.55. The monoisotopic (exact) mass is 251 g/mol. The highest BCUT2D eigenvalue weighted by atomic mass is 19.1. The second-order valence-electron chi connectivity index (χ2n) is 4.40. The number of nitrogens with zero attached hydrogens (tertiary/aromatic N) is 1. The zero-order valence-corrected chi connectivity index (χ0v) is 9.94. The molecule has 96 valence electrons. The van der Waals surface area contributed by atoms with Crippen LogP contribution in [0.15, 0.2) is 24.3 Å². The number of nitrogens with two attached hydrogens (primary N) is 1.